The molecule has 9 rings (SSSR count). The Bertz CT molecular complexity index is 2720. The van der Waals surface area contributed by atoms with Crippen LogP contribution in [0.4, 0.5) is 17.1 Å². The Hall–Kier alpha value is -5.56. The molecule has 3 aromatic carbocycles. The Kier molecular flexibility index (Phi) is 12.9. The summed E-state index contributed by atoms with van der Waals surface area (Å²) in [6.07, 6.45) is 6.24. The van der Waals surface area contributed by atoms with Crippen molar-refractivity contribution >= 4 is 61.2 Å². The average Bonchev–Trinajstić information content (AvgIpc) is 3.74. The zero-order valence-electron chi connectivity index (χ0n) is 36.4. The summed E-state index contributed by atoms with van der Waals surface area (Å²) in [5.41, 5.74) is 5.41. The minimum absolute atomic E-state index is 0.0465. The van der Waals surface area contributed by atoms with E-state index >= 15 is 0 Å². The highest BCUT2D eigenvalue weighted by atomic mass is 35.5. The van der Waals surface area contributed by atoms with Crippen molar-refractivity contribution in [3.8, 4) is 11.5 Å². The topological polar surface area (TPSA) is 184 Å². The van der Waals surface area contributed by atoms with Gasteiger partial charge in [-0.15, -0.1) is 0 Å². The molecule has 0 spiro atoms. The molecule has 0 saturated carbocycles. The minimum Gasteiger partial charge on any atom is -0.455 e. The third-order valence-corrected chi connectivity index (χ3v) is 14.5. The first-order valence-corrected chi connectivity index (χ1v) is 23.9. The number of hydrogen-bond acceptors (Lipinski definition) is 13. The number of rotatable bonds is 14. The number of nitro groups is 1. The van der Waals surface area contributed by atoms with Crippen molar-refractivity contribution in [1.29, 1.82) is 0 Å². The van der Waals surface area contributed by atoms with Crippen LogP contribution in [0.5, 0.6) is 11.5 Å². The Morgan fingerprint density at radius 3 is 2.58 bits per heavy atom. The molecule has 5 aromatic rings. The van der Waals surface area contributed by atoms with Gasteiger partial charge in [0, 0.05) is 86.8 Å². The number of nitro benzene ring substituents is 1. The van der Waals surface area contributed by atoms with Gasteiger partial charge in [0.2, 0.25) is 0 Å². The van der Waals surface area contributed by atoms with Crippen molar-refractivity contribution in [3.05, 3.63) is 117 Å². The molecule has 0 radical (unpaired) electrons. The number of halogens is 1. The van der Waals surface area contributed by atoms with Crippen LogP contribution in [0.25, 0.3) is 16.6 Å². The third-order valence-electron chi connectivity index (χ3n) is 12.9. The van der Waals surface area contributed by atoms with Crippen molar-refractivity contribution in [2.24, 2.45) is 5.41 Å². The fourth-order valence-electron chi connectivity index (χ4n) is 9.05. The molecule has 3 N–H and O–H groups in total. The number of fused-ring (bicyclic) bond motifs is 1. The van der Waals surface area contributed by atoms with E-state index in [-0.39, 0.29) is 35.1 Å². The number of morpholine rings is 1. The van der Waals surface area contributed by atoms with Crippen LogP contribution in [0.15, 0.2) is 95.7 Å². The molecule has 3 saturated heterocycles. The van der Waals surface area contributed by atoms with Crippen LogP contribution in [0.3, 0.4) is 0 Å². The lowest BCUT2D eigenvalue weighted by atomic mass is 9.72. The van der Waals surface area contributed by atoms with E-state index in [9.17, 15) is 23.3 Å². The summed E-state index contributed by atoms with van der Waals surface area (Å²) >= 11 is 6.25. The SMILES string of the molecule is CC1(C)CCC(CN2CCN(c3ccc(C(=O)NS(=O)(=O)c4ccc(NCC5CN(C6COC6)CCO5)c([N+](=O)[O-])c4)c(Oc4cnc5[nH]ccc5c4)c3)CC2)=C(c2ccc(Cl)cc2)C1. The van der Waals surface area contributed by atoms with Gasteiger partial charge in [0.15, 0.2) is 0 Å². The summed E-state index contributed by atoms with van der Waals surface area (Å²) in [6.45, 7) is 12.2. The maximum absolute atomic E-state index is 14.0. The number of sulfonamides is 1. The zero-order valence-corrected chi connectivity index (χ0v) is 38.0. The van der Waals surface area contributed by atoms with E-state index < -0.39 is 31.4 Å². The standard InChI is InChI=1S/C47H53ClN8O8S/c1-47(2)13-11-33(41(24-47)31-3-5-34(48)6-4-31)27-53-15-17-54(18-16-53)35-7-9-40(44(22-35)64-37-21-32-12-14-49-45(32)51-25-37)46(57)52-65(60,61)39-8-10-42(43(23-39)56(58)59)50-26-38-28-55(19-20-63-38)36-29-62-30-36/h3-10,12,14,21-23,25,36,38,50H,11,13,15-20,24,26-30H2,1-2H3,(H,49,51)(H,52,57). The number of amides is 1. The molecule has 16 nitrogen and oxygen atoms in total. The van der Waals surface area contributed by atoms with Crippen LogP contribution in [0.2, 0.25) is 5.02 Å². The zero-order chi connectivity index (χ0) is 45.3. The highest BCUT2D eigenvalue weighted by Gasteiger charge is 2.33. The first-order chi connectivity index (χ1) is 31.3. The molecule has 1 atom stereocenters. The van der Waals surface area contributed by atoms with Crippen LogP contribution in [0, 0.1) is 15.5 Å². The van der Waals surface area contributed by atoms with Gasteiger partial charge in [-0.1, -0.05) is 43.2 Å². The number of aromatic nitrogens is 2. The second kappa shape index (κ2) is 18.7. The maximum Gasteiger partial charge on any atom is 0.293 e. The molecular weight excluding hydrogens is 872 g/mol. The van der Waals surface area contributed by atoms with Crippen molar-refractivity contribution in [2.45, 2.75) is 50.2 Å². The number of ether oxygens (including phenoxy) is 3. The fraction of sp³-hybridized carbons (Fsp3) is 0.404. The monoisotopic (exact) mass is 924 g/mol. The Balaban J connectivity index is 0.909. The number of benzene rings is 3. The number of allylic oxidation sites excluding steroid dienone is 1. The number of aromatic amines is 1. The molecule has 1 unspecified atom stereocenters. The molecule has 1 amide bonds. The van der Waals surface area contributed by atoms with E-state index in [4.69, 9.17) is 25.8 Å². The van der Waals surface area contributed by atoms with Gasteiger partial charge >= 0.3 is 0 Å². The van der Waals surface area contributed by atoms with Gasteiger partial charge in [0.25, 0.3) is 21.6 Å². The molecule has 342 valence electrons. The third kappa shape index (κ3) is 10.3. The fourth-order valence-corrected chi connectivity index (χ4v) is 10.2. The molecule has 2 aromatic heterocycles. The van der Waals surface area contributed by atoms with E-state index in [1.54, 1.807) is 30.5 Å². The van der Waals surface area contributed by atoms with E-state index in [0.717, 1.165) is 80.7 Å². The first-order valence-electron chi connectivity index (χ1n) is 22.0. The average molecular weight is 926 g/mol. The first kappa shape index (κ1) is 44.6. The number of nitrogens with one attached hydrogen (secondary N) is 3. The number of carbonyl (C=O) groups excluding carboxylic acids is 1. The van der Waals surface area contributed by atoms with Crippen LogP contribution >= 0.6 is 11.6 Å². The van der Waals surface area contributed by atoms with Gasteiger partial charge < -0.3 is 29.4 Å². The second-order valence-corrected chi connectivity index (χ2v) is 20.1. The highest BCUT2D eigenvalue weighted by Crippen LogP contribution is 2.43. The van der Waals surface area contributed by atoms with E-state index in [1.807, 2.05) is 18.2 Å². The molecule has 5 heterocycles. The molecule has 3 aliphatic heterocycles. The lowest BCUT2D eigenvalue weighted by molar-refractivity contribution is -0.384. The summed E-state index contributed by atoms with van der Waals surface area (Å²) in [7, 11) is -4.59. The Morgan fingerprint density at radius 2 is 1.83 bits per heavy atom. The van der Waals surface area contributed by atoms with Crippen LogP contribution in [-0.2, 0) is 19.5 Å². The normalized spacial score (nSPS) is 19.8. The van der Waals surface area contributed by atoms with Crippen molar-refractivity contribution < 1.29 is 32.3 Å². The van der Waals surface area contributed by atoms with Gasteiger partial charge in [-0.2, -0.15) is 0 Å². The number of hydrogen-bond donors (Lipinski definition) is 3. The van der Waals surface area contributed by atoms with Gasteiger partial charge in [0.1, 0.15) is 22.8 Å². The molecule has 3 fully saturated rings. The maximum atomic E-state index is 14.0. The largest absolute Gasteiger partial charge is 0.455 e. The highest BCUT2D eigenvalue weighted by molar-refractivity contribution is 7.90. The summed E-state index contributed by atoms with van der Waals surface area (Å²) in [5.74, 6) is -0.498. The predicted molar refractivity (Wildman–Crippen MR) is 249 cm³/mol. The number of pyridine rings is 1. The summed E-state index contributed by atoms with van der Waals surface area (Å²) in [4.78, 5) is 39.6. The van der Waals surface area contributed by atoms with Gasteiger partial charge in [0.05, 0.1) is 53.5 Å². The van der Waals surface area contributed by atoms with Crippen LogP contribution in [0.1, 0.15) is 49.0 Å². The smallest absolute Gasteiger partial charge is 0.293 e. The molecule has 1 aliphatic carbocycles. The molecule has 18 heteroatoms. The van der Waals surface area contributed by atoms with Crippen molar-refractivity contribution in [3.63, 3.8) is 0 Å². The van der Waals surface area contributed by atoms with Crippen molar-refractivity contribution in [2.75, 3.05) is 82.4 Å². The molecule has 0 bridgehead atoms. The number of H-pyrrole nitrogens is 1. The van der Waals surface area contributed by atoms with E-state index in [0.29, 0.717) is 43.8 Å². The van der Waals surface area contributed by atoms with E-state index in [2.05, 4.69) is 60.7 Å². The summed E-state index contributed by atoms with van der Waals surface area (Å²) in [6, 6.07) is 20.7. The lowest BCUT2D eigenvalue weighted by Crippen LogP contribution is -2.56. The van der Waals surface area contributed by atoms with Gasteiger partial charge in [-0.05, 0) is 84.3 Å². The molecular formula is C47H53ClN8O8S. The predicted octanol–water partition coefficient (Wildman–Crippen LogP) is 7.33. The summed E-state index contributed by atoms with van der Waals surface area (Å²) < 4.78 is 47.2. The quantitative estimate of drug-likeness (QED) is 0.0744. The second-order valence-electron chi connectivity index (χ2n) is 18.0. The van der Waals surface area contributed by atoms with Crippen LogP contribution < -0.4 is 19.7 Å². The number of nitrogens with zero attached hydrogens (tertiary/aromatic N) is 5. The molecule has 65 heavy (non-hydrogen) atoms. The summed E-state index contributed by atoms with van der Waals surface area (Å²) in [5, 5.41) is 16.8. The number of carbonyl (C=O) groups is 1. The van der Waals surface area contributed by atoms with Crippen LogP contribution in [-0.4, -0.2) is 123 Å². The van der Waals surface area contributed by atoms with Gasteiger partial charge in [-0.25, -0.2) is 18.1 Å². The number of piperazine rings is 1. The van der Waals surface area contributed by atoms with E-state index in [1.165, 1.54) is 35.0 Å². The van der Waals surface area contributed by atoms with Gasteiger partial charge in [-0.3, -0.25) is 24.7 Å². The Morgan fingerprint density at radius 1 is 1.03 bits per heavy atom. The molecule has 4 aliphatic rings. The lowest BCUT2D eigenvalue weighted by Gasteiger charge is -2.42. The Labute approximate surface area is 383 Å². The minimum atomic E-state index is -4.59. The van der Waals surface area contributed by atoms with Crippen molar-refractivity contribution in [1.82, 2.24) is 24.5 Å². The number of anilines is 2.